The molecule has 12 nitrogen and oxygen atoms in total. The molecule has 15 heteroatoms. The topological polar surface area (TPSA) is 147 Å². The van der Waals surface area contributed by atoms with Crippen molar-refractivity contribution in [3.8, 4) is 0 Å². The first kappa shape index (κ1) is 29.3. The van der Waals surface area contributed by atoms with Crippen LogP contribution < -0.4 is 5.32 Å². The quantitative estimate of drug-likeness (QED) is 0.130. The highest BCUT2D eigenvalue weighted by Gasteiger charge is 2.20. The lowest BCUT2D eigenvalue weighted by Gasteiger charge is -2.09. The summed E-state index contributed by atoms with van der Waals surface area (Å²) >= 11 is 13.7. The standard InChI is InChI=1S/C14H12ClN3O3.C11H9ClIN3O3/c1-8-6-10-11(13(19)20-2)16-14(15)17-12(10)18(8)7-9-4-3-5-21-9;1-18-10(17)8-7(13)9(16-11(12)15-8)14-5-6-3-2-4-19-6/h3-6H,7H2,1-2H3;2-4H,5H2,1H3,(H,14,15,16). The number of carbonyl (C=O) groups excluding carboxylic acids is 2. The van der Waals surface area contributed by atoms with E-state index in [0.29, 0.717) is 33.5 Å². The molecule has 0 saturated carbocycles. The highest BCUT2D eigenvalue weighted by Crippen LogP contribution is 2.25. The summed E-state index contributed by atoms with van der Waals surface area (Å²) in [5.74, 6) is 0.877. The fourth-order valence-electron chi connectivity index (χ4n) is 3.59. The fourth-order valence-corrected chi connectivity index (χ4v) is 4.57. The third kappa shape index (κ3) is 6.71. The van der Waals surface area contributed by atoms with Crippen molar-refractivity contribution in [1.29, 1.82) is 0 Å². The zero-order valence-corrected chi connectivity index (χ0v) is 24.9. The molecule has 5 rings (SSSR count). The van der Waals surface area contributed by atoms with E-state index in [-0.39, 0.29) is 22.0 Å². The molecule has 5 aromatic rings. The maximum Gasteiger partial charge on any atom is 0.358 e. The summed E-state index contributed by atoms with van der Waals surface area (Å²) < 4.78 is 22.4. The minimum atomic E-state index is -0.560. The first-order valence-corrected chi connectivity index (χ1v) is 13.3. The molecular formula is C25H21Cl2IN6O6. The van der Waals surface area contributed by atoms with Crippen LogP contribution in [0.2, 0.25) is 10.6 Å². The Kier molecular flexibility index (Phi) is 9.60. The van der Waals surface area contributed by atoms with E-state index in [0.717, 1.165) is 17.2 Å². The molecule has 0 spiro atoms. The molecule has 0 aliphatic heterocycles. The van der Waals surface area contributed by atoms with Crippen LogP contribution in [-0.4, -0.2) is 50.7 Å². The molecule has 5 aromatic heterocycles. The molecule has 0 aliphatic rings. The van der Waals surface area contributed by atoms with Gasteiger partial charge in [-0.05, 0) is 83.0 Å². The Morgan fingerprint density at radius 1 is 0.950 bits per heavy atom. The third-order valence-electron chi connectivity index (χ3n) is 5.42. The molecule has 0 radical (unpaired) electrons. The van der Waals surface area contributed by atoms with Crippen LogP contribution in [0.1, 0.15) is 38.2 Å². The minimum absolute atomic E-state index is 0.00157. The van der Waals surface area contributed by atoms with Crippen molar-refractivity contribution in [3.05, 3.63) is 85.6 Å². The normalized spacial score (nSPS) is 10.7. The van der Waals surface area contributed by atoms with Gasteiger partial charge in [-0.15, -0.1) is 0 Å². The summed E-state index contributed by atoms with van der Waals surface area (Å²) in [4.78, 5) is 39.5. The number of fused-ring (bicyclic) bond motifs is 1. The predicted molar refractivity (Wildman–Crippen MR) is 154 cm³/mol. The summed E-state index contributed by atoms with van der Waals surface area (Å²) in [5.41, 5.74) is 1.78. The van der Waals surface area contributed by atoms with Crippen molar-refractivity contribution in [2.75, 3.05) is 19.5 Å². The molecule has 0 fully saturated rings. The molecular weight excluding hydrogens is 678 g/mol. The van der Waals surface area contributed by atoms with E-state index < -0.39 is 11.9 Å². The predicted octanol–water partition coefficient (Wildman–Crippen LogP) is 5.55. The maximum atomic E-state index is 11.8. The van der Waals surface area contributed by atoms with Crippen molar-refractivity contribution in [2.45, 2.75) is 20.0 Å². The van der Waals surface area contributed by atoms with Crippen LogP contribution in [0.5, 0.6) is 0 Å². The summed E-state index contributed by atoms with van der Waals surface area (Å²) in [5, 5.41) is 3.61. The number of halogens is 3. The lowest BCUT2D eigenvalue weighted by atomic mass is 10.3. The Morgan fingerprint density at radius 3 is 2.17 bits per heavy atom. The van der Waals surface area contributed by atoms with Crippen molar-refractivity contribution in [3.63, 3.8) is 0 Å². The Bertz CT molecular complexity index is 1640. The lowest BCUT2D eigenvalue weighted by molar-refractivity contribution is 0.0585. The van der Waals surface area contributed by atoms with Crippen LogP contribution in [0.25, 0.3) is 11.0 Å². The van der Waals surface area contributed by atoms with Crippen molar-refractivity contribution < 1.29 is 27.9 Å². The Labute approximate surface area is 251 Å². The van der Waals surface area contributed by atoms with Gasteiger partial charge in [0.05, 0.1) is 48.8 Å². The van der Waals surface area contributed by atoms with Gasteiger partial charge in [0, 0.05) is 5.69 Å². The fraction of sp³-hybridized carbons (Fsp3) is 0.200. The molecule has 0 aromatic carbocycles. The number of rotatable bonds is 7. The van der Waals surface area contributed by atoms with Crippen molar-refractivity contribution in [2.24, 2.45) is 0 Å². The zero-order chi connectivity index (χ0) is 28.8. The first-order valence-electron chi connectivity index (χ1n) is 11.4. The number of anilines is 1. The Balaban J connectivity index is 0.000000186. The number of esters is 2. The smallest absolute Gasteiger partial charge is 0.358 e. The number of ether oxygens (including phenoxy) is 2. The second kappa shape index (κ2) is 13.1. The van der Waals surface area contributed by atoms with E-state index in [2.05, 4.69) is 30.0 Å². The number of aryl methyl sites for hydroxylation is 1. The molecule has 0 amide bonds. The first-order chi connectivity index (χ1) is 19.2. The van der Waals surface area contributed by atoms with Crippen LogP contribution in [0.4, 0.5) is 5.82 Å². The average Bonchev–Trinajstić information content (AvgIpc) is 3.71. The Hall–Kier alpha value is -3.69. The largest absolute Gasteiger partial charge is 0.467 e. The van der Waals surface area contributed by atoms with Crippen molar-refractivity contribution >= 4 is 74.6 Å². The number of nitrogens with zero attached hydrogens (tertiary/aromatic N) is 5. The molecule has 0 unspecified atom stereocenters. The molecule has 0 saturated heterocycles. The van der Waals surface area contributed by atoms with Gasteiger partial charge < -0.3 is 28.2 Å². The number of aromatic nitrogens is 5. The number of hydrogen-bond acceptors (Lipinski definition) is 11. The molecule has 0 aliphatic carbocycles. The summed E-state index contributed by atoms with van der Waals surface area (Å²) in [6.45, 7) is 2.84. The van der Waals surface area contributed by atoms with E-state index in [1.54, 1.807) is 18.6 Å². The van der Waals surface area contributed by atoms with Gasteiger partial charge in [-0.3, -0.25) is 0 Å². The SMILES string of the molecule is COC(=O)c1nc(Cl)nc(NCc2ccco2)c1I.COC(=O)c1nc(Cl)nc2c1cc(C)n2Cc1ccco1. The highest BCUT2D eigenvalue weighted by molar-refractivity contribution is 14.1. The highest BCUT2D eigenvalue weighted by atomic mass is 127. The zero-order valence-electron chi connectivity index (χ0n) is 21.3. The van der Waals surface area contributed by atoms with Crippen LogP contribution in [0.3, 0.4) is 0 Å². The second-order valence-corrected chi connectivity index (χ2v) is 9.70. The van der Waals surface area contributed by atoms with Gasteiger partial charge in [-0.25, -0.2) is 19.6 Å². The van der Waals surface area contributed by atoms with Crippen LogP contribution in [-0.2, 0) is 22.6 Å². The third-order valence-corrected chi connectivity index (χ3v) is 6.78. The van der Waals surface area contributed by atoms with Crippen molar-refractivity contribution in [1.82, 2.24) is 24.5 Å². The molecule has 208 valence electrons. The van der Waals surface area contributed by atoms with E-state index >= 15 is 0 Å². The minimum Gasteiger partial charge on any atom is -0.467 e. The summed E-state index contributed by atoms with van der Waals surface area (Å²) in [6, 6.07) is 9.13. The number of furan rings is 2. The molecule has 0 bridgehead atoms. The van der Waals surface area contributed by atoms with Gasteiger partial charge in [-0.1, -0.05) is 0 Å². The van der Waals surface area contributed by atoms with Gasteiger partial charge in [0.25, 0.3) is 0 Å². The lowest BCUT2D eigenvalue weighted by Crippen LogP contribution is -2.12. The van der Waals surface area contributed by atoms with Gasteiger partial charge in [-0.2, -0.15) is 9.97 Å². The second-order valence-electron chi connectivity index (χ2n) is 7.95. The molecule has 0 atom stereocenters. The summed E-state index contributed by atoms with van der Waals surface area (Å²) in [6.07, 6.45) is 3.19. The van der Waals surface area contributed by atoms with Gasteiger partial charge >= 0.3 is 11.9 Å². The van der Waals surface area contributed by atoms with Crippen LogP contribution in [0.15, 0.2) is 51.7 Å². The number of methoxy groups -OCH3 is 2. The van der Waals surface area contributed by atoms with Gasteiger partial charge in [0.2, 0.25) is 10.6 Å². The van der Waals surface area contributed by atoms with Crippen LogP contribution >= 0.6 is 45.8 Å². The Morgan fingerprint density at radius 2 is 1.55 bits per heavy atom. The monoisotopic (exact) mass is 698 g/mol. The summed E-state index contributed by atoms with van der Waals surface area (Å²) in [7, 11) is 2.58. The van der Waals surface area contributed by atoms with Gasteiger partial charge in [0.1, 0.15) is 23.0 Å². The van der Waals surface area contributed by atoms with Gasteiger partial charge in [0.15, 0.2) is 11.4 Å². The number of carbonyl (C=O) groups is 2. The molecule has 40 heavy (non-hydrogen) atoms. The number of hydrogen-bond donors (Lipinski definition) is 1. The van der Waals surface area contributed by atoms with E-state index in [1.165, 1.54) is 14.2 Å². The van der Waals surface area contributed by atoms with E-state index in [1.807, 2.05) is 58.3 Å². The number of nitrogens with one attached hydrogen (secondary N) is 1. The van der Waals surface area contributed by atoms with Crippen LogP contribution in [0, 0.1) is 10.5 Å². The molecule has 1 N–H and O–H groups in total. The molecule has 5 heterocycles. The van der Waals surface area contributed by atoms with E-state index in [4.69, 9.17) is 36.8 Å². The average molecular weight is 699 g/mol. The van der Waals surface area contributed by atoms with E-state index in [9.17, 15) is 9.59 Å². The maximum absolute atomic E-state index is 11.8.